The zero-order valence-electron chi connectivity index (χ0n) is 18.6. The van der Waals surface area contributed by atoms with E-state index in [1.807, 2.05) is 67.1 Å². The first-order valence-electron chi connectivity index (χ1n) is 10.7. The van der Waals surface area contributed by atoms with Gasteiger partial charge in [0.25, 0.3) is 5.91 Å². The molecule has 31 heavy (non-hydrogen) atoms. The minimum Gasteiger partial charge on any atom is -0.348 e. The zero-order valence-corrected chi connectivity index (χ0v) is 18.6. The van der Waals surface area contributed by atoms with Gasteiger partial charge < -0.3 is 10.6 Å². The average molecular weight is 419 g/mol. The van der Waals surface area contributed by atoms with Gasteiger partial charge in [0.15, 0.2) is 0 Å². The molecule has 1 aromatic heterocycles. The molecule has 2 amide bonds. The summed E-state index contributed by atoms with van der Waals surface area (Å²) in [4.78, 5) is 24.8. The molecule has 3 aromatic rings. The number of nitrogens with zero attached hydrogens (tertiary/aromatic N) is 2. The second-order valence-electron chi connectivity index (χ2n) is 8.03. The summed E-state index contributed by atoms with van der Waals surface area (Å²) in [6, 6.07) is 15.6. The Morgan fingerprint density at radius 2 is 1.84 bits per heavy atom. The van der Waals surface area contributed by atoms with Crippen molar-refractivity contribution in [2.45, 2.75) is 53.0 Å². The standard InChI is InChI=1S/C25H30N4O2/c1-5-7-23(30)28-20-9-6-8-19(14-20)15-26-25(31)22-16-27-29(24(22)17(2)3)21-12-10-18(4)11-13-21/h6,8-14,16-17H,5,7,15H2,1-4H3,(H,26,31)(H,28,30). The van der Waals surface area contributed by atoms with E-state index in [1.165, 1.54) is 5.56 Å². The maximum absolute atomic E-state index is 13.0. The second kappa shape index (κ2) is 10.1. The van der Waals surface area contributed by atoms with Gasteiger partial charge in [-0.1, -0.05) is 50.6 Å². The molecule has 0 bridgehead atoms. The number of rotatable bonds is 8. The number of hydrogen-bond donors (Lipinski definition) is 2. The summed E-state index contributed by atoms with van der Waals surface area (Å²) >= 11 is 0. The molecule has 6 nitrogen and oxygen atoms in total. The lowest BCUT2D eigenvalue weighted by Crippen LogP contribution is -2.24. The summed E-state index contributed by atoms with van der Waals surface area (Å²) < 4.78 is 1.84. The van der Waals surface area contributed by atoms with Crippen molar-refractivity contribution in [3.63, 3.8) is 0 Å². The Kier molecular flexibility index (Phi) is 7.23. The van der Waals surface area contributed by atoms with Gasteiger partial charge in [-0.2, -0.15) is 5.10 Å². The van der Waals surface area contributed by atoms with E-state index in [-0.39, 0.29) is 17.7 Å². The average Bonchev–Trinajstić information content (AvgIpc) is 3.18. The molecule has 0 spiro atoms. The second-order valence-corrected chi connectivity index (χ2v) is 8.03. The van der Waals surface area contributed by atoms with Crippen LogP contribution in [0.1, 0.15) is 66.7 Å². The molecular weight excluding hydrogens is 388 g/mol. The molecule has 0 atom stereocenters. The summed E-state index contributed by atoms with van der Waals surface area (Å²) in [5.41, 5.74) is 5.21. The Morgan fingerprint density at radius 3 is 2.52 bits per heavy atom. The van der Waals surface area contributed by atoms with E-state index < -0.39 is 0 Å². The molecule has 0 unspecified atom stereocenters. The van der Waals surface area contributed by atoms with Crippen LogP contribution in [-0.2, 0) is 11.3 Å². The van der Waals surface area contributed by atoms with Crippen LogP contribution >= 0.6 is 0 Å². The van der Waals surface area contributed by atoms with E-state index in [0.29, 0.717) is 18.5 Å². The van der Waals surface area contributed by atoms with Gasteiger partial charge in [-0.05, 0) is 49.1 Å². The van der Waals surface area contributed by atoms with Gasteiger partial charge in [0.05, 0.1) is 23.1 Å². The van der Waals surface area contributed by atoms with Gasteiger partial charge >= 0.3 is 0 Å². The van der Waals surface area contributed by atoms with Crippen LogP contribution in [0.2, 0.25) is 0 Å². The van der Waals surface area contributed by atoms with E-state index in [0.717, 1.165) is 29.1 Å². The van der Waals surface area contributed by atoms with Crippen LogP contribution < -0.4 is 10.6 Å². The van der Waals surface area contributed by atoms with Crippen molar-refractivity contribution in [2.24, 2.45) is 0 Å². The minimum absolute atomic E-state index is 0.00576. The lowest BCUT2D eigenvalue weighted by molar-refractivity contribution is -0.116. The van der Waals surface area contributed by atoms with E-state index >= 15 is 0 Å². The fourth-order valence-corrected chi connectivity index (χ4v) is 3.47. The maximum Gasteiger partial charge on any atom is 0.255 e. The number of hydrogen-bond acceptors (Lipinski definition) is 3. The first-order chi connectivity index (χ1) is 14.9. The molecule has 2 N–H and O–H groups in total. The third-order valence-electron chi connectivity index (χ3n) is 5.02. The van der Waals surface area contributed by atoms with Crippen LogP contribution in [-0.4, -0.2) is 21.6 Å². The number of carbonyl (C=O) groups is 2. The molecule has 0 radical (unpaired) electrons. The topological polar surface area (TPSA) is 76.0 Å². The Morgan fingerprint density at radius 1 is 1.10 bits per heavy atom. The SMILES string of the molecule is CCCC(=O)Nc1cccc(CNC(=O)c2cnn(-c3ccc(C)cc3)c2C(C)C)c1. The monoisotopic (exact) mass is 418 g/mol. The van der Waals surface area contributed by atoms with Crippen LogP contribution in [0.15, 0.2) is 54.7 Å². The van der Waals surface area contributed by atoms with Crippen molar-refractivity contribution in [3.05, 3.63) is 77.1 Å². The first-order valence-corrected chi connectivity index (χ1v) is 10.7. The highest BCUT2D eigenvalue weighted by atomic mass is 16.2. The highest BCUT2D eigenvalue weighted by Crippen LogP contribution is 2.23. The van der Waals surface area contributed by atoms with Crippen LogP contribution in [0, 0.1) is 6.92 Å². The number of nitrogens with one attached hydrogen (secondary N) is 2. The highest BCUT2D eigenvalue weighted by molar-refractivity contribution is 5.95. The summed E-state index contributed by atoms with van der Waals surface area (Å²) in [7, 11) is 0. The number of aromatic nitrogens is 2. The van der Waals surface area contributed by atoms with Gasteiger partial charge in [-0.15, -0.1) is 0 Å². The molecule has 6 heteroatoms. The van der Waals surface area contributed by atoms with Crippen LogP contribution in [0.25, 0.3) is 5.69 Å². The molecule has 0 saturated carbocycles. The normalized spacial score (nSPS) is 10.9. The fourth-order valence-electron chi connectivity index (χ4n) is 3.47. The summed E-state index contributed by atoms with van der Waals surface area (Å²) in [6.07, 6.45) is 2.92. The summed E-state index contributed by atoms with van der Waals surface area (Å²) in [5.74, 6) is -0.0436. The quantitative estimate of drug-likeness (QED) is 0.542. The van der Waals surface area contributed by atoms with Crippen molar-refractivity contribution in [1.29, 1.82) is 0 Å². The third kappa shape index (κ3) is 5.60. The lowest BCUT2D eigenvalue weighted by Gasteiger charge is -2.13. The predicted molar refractivity (Wildman–Crippen MR) is 124 cm³/mol. The first kappa shape index (κ1) is 22.3. The molecule has 0 fully saturated rings. The summed E-state index contributed by atoms with van der Waals surface area (Å²) in [6.45, 7) is 8.49. The fraction of sp³-hybridized carbons (Fsp3) is 0.320. The predicted octanol–water partition coefficient (Wildman–Crippen LogP) is 4.97. The van der Waals surface area contributed by atoms with Crippen LogP contribution in [0.4, 0.5) is 5.69 Å². The van der Waals surface area contributed by atoms with Crippen molar-refractivity contribution >= 4 is 17.5 Å². The third-order valence-corrected chi connectivity index (χ3v) is 5.02. The molecule has 0 aliphatic carbocycles. The zero-order chi connectivity index (χ0) is 22.4. The smallest absolute Gasteiger partial charge is 0.255 e. The molecule has 0 aliphatic rings. The number of carbonyl (C=O) groups excluding carboxylic acids is 2. The summed E-state index contributed by atoms with van der Waals surface area (Å²) in [5, 5.41) is 10.4. The van der Waals surface area contributed by atoms with Gasteiger partial charge in [0.1, 0.15) is 0 Å². The van der Waals surface area contributed by atoms with E-state index in [1.54, 1.807) is 6.20 Å². The Hall–Kier alpha value is -3.41. The van der Waals surface area contributed by atoms with Crippen LogP contribution in [0.3, 0.4) is 0 Å². The van der Waals surface area contributed by atoms with Crippen molar-refractivity contribution in [2.75, 3.05) is 5.32 Å². The van der Waals surface area contributed by atoms with E-state index in [2.05, 4.69) is 29.6 Å². The van der Waals surface area contributed by atoms with Gasteiger partial charge in [-0.25, -0.2) is 4.68 Å². The molecule has 2 aromatic carbocycles. The maximum atomic E-state index is 13.0. The minimum atomic E-state index is -0.164. The van der Waals surface area contributed by atoms with Crippen LogP contribution in [0.5, 0.6) is 0 Å². The van der Waals surface area contributed by atoms with Gasteiger partial charge in [0.2, 0.25) is 5.91 Å². The molecular formula is C25H30N4O2. The molecule has 0 saturated heterocycles. The number of aryl methyl sites for hydroxylation is 1. The van der Waals surface area contributed by atoms with Crippen molar-refractivity contribution < 1.29 is 9.59 Å². The van der Waals surface area contributed by atoms with E-state index in [9.17, 15) is 9.59 Å². The molecule has 162 valence electrons. The number of anilines is 1. The molecule has 1 heterocycles. The Bertz CT molecular complexity index is 1050. The highest BCUT2D eigenvalue weighted by Gasteiger charge is 2.20. The lowest BCUT2D eigenvalue weighted by atomic mass is 10.0. The van der Waals surface area contributed by atoms with Gasteiger partial charge in [0, 0.05) is 18.7 Å². The Balaban J connectivity index is 1.74. The van der Waals surface area contributed by atoms with Gasteiger partial charge in [-0.3, -0.25) is 9.59 Å². The number of amides is 2. The van der Waals surface area contributed by atoms with Crippen molar-refractivity contribution in [1.82, 2.24) is 15.1 Å². The van der Waals surface area contributed by atoms with Crippen molar-refractivity contribution in [3.8, 4) is 5.69 Å². The Labute approximate surface area is 183 Å². The number of benzene rings is 2. The van der Waals surface area contributed by atoms with E-state index in [4.69, 9.17) is 0 Å². The molecule has 3 rings (SSSR count). The molecule has 0 aliphatic heterocycles. The largest absolute Gasteiger partial charge is 0.348 e.